The van der Waals surface area contributed by atoms with Crippen LogP contribution in [-0.4, -0.2) is 52.4 Å². The molecule has 0 radical (unpaired) electrons. The van der Waals surface area contributed by atoms with Gasteiger partial charge < -0.3 is 19.0 Å². The van der Waals surface area contributed by atoms with Crippen LogP contribution in [0, 0.1) is 0 Å². The van der Waals surface area contributed by atoms with Gasteiger partial charge in [-0.1, -0.05) is 13.0 Å². The Balaban J connectivity index is 4.56. The first kappa shape index (κ1) is 21.5. The van der Waals surface area contributed by atoms with Crippen LogP contribution >= 0.6 is 0 Å². The maximum atomic E-state index is 11.6. The van der Waals surface area contributed by atoms with Crippen molar-refractivity contribution < 1.29 is 23.8 Å². The Kier molecular flexibility index (Phi) is 11.7. The van der Waals surface area contributed by atoms with Gasteiger partial charge in [0.05, 0.1) is 0 Å². The maximum absolute atomic E-state index is 11.6. The summed E-state index contributed by atoms with van der Waals surface area (Å²) in [7, 11) is 1.26. The molecule has 0 aromatic heterocycles. The van der Waals surface area contributed by atoms with Crippen LogP contribution in [0.4, 0.5) is 0 Å². The van der Waals surface area contributed by atoms with E-state index >= 15 is 0 Å². The normalized spacial score (nSPS) is 16.1. The number of hydrogen-bond donors (Lipinski definition) is 1. The van der Waals surface area contributed by atoms with Gasteiger partial charge in [-0.15, -0.1) is 0 Å². The second-order valence-corrected chi connectivity index (χ2v) is 9.88. The number of allylic oxidation sites excluding steroid dienone is 1. The topological polar surface area (TPSA) is 65.0 Å². The smallest absolute Gasteiger partial charge is 0.190 e. The summed E-state index contributed by atoms with van der Waals surface area (Å²) in [5.74, 6) is -0.235. The zero-order valence-corrected chi connectivity index (χ0v) is 15.6. The number of carbonyl (C=O) groups is 1. The molecule has 1 N–H and O–H groups in total. The third kappa shape index (κ3) is 8.80. The predicted octanol–water partition coefficient (Wildman–Crippen LogP) is 2.89. The average Bonchev–Trinajstić information content (AvgIpc) is 2.52. The van der Waals surface area contributed by atoms with Gasteiger partial charge in [0.25, 0.3) is 0 Å². The van der Waals surface area contributed by atoms with Crippen molar-refractivity contribution >= 4 is 14.1 Å². The van der Waals surface area contributed by atoms with Crippen molar-refractivity contribution in [3.05, 3.63) is 12.2 Å². The van der Waals surface area contributed by atoms with Gasteiger partial charge in [-0.25, -0.2) is 0 Å². The van der Waals surface area contributed by atoms with Gasteiger partial charge >= 0.3 is 0 Å². The number of methoxy groups -OCH3 is 2. The van der Waals surface area contributed by atoms with Crippen LogP contribution in [0.5, 0.6) is 0 Å². The quantitative estimate of drug-likeness (QED) is 0.319. The molecule has 0 aromatic carbocycles. The molecule has 0 heterocycles. The standard InChI is InChI=1S/C16H32O5Si/c1-6-8-14(17)15(18)9-12-22(5,21-11-7-2)13-10-16(19-3)20-4/h6,8,15-16,18H,7,9-13H2,1-5H3. The average molecular weight is 333 g/mol. The molecule has 5 nitrogen and oxygen atoms in total. The predicted molar refractivity (Wildman–Crippen MR) is 90.3 cm³/mol. The summed E-state index contributed by atoms with van der Waals surface area (Å²) < 4.78 is 16.5. The van der Waals surface area contributed by atoms with E-state index in [1.54, 1.807) is 27.2 Å². The Labute approximate surface area is 135 Å². The van der Waals surface area contributed by atoms with Crippen LogP contribution in [-0.2, 0) is 18.7 Å². The highest BCUT2D eigenvalue weighted by molar-refractivity contribution is 6.72. The van der Waals surface area contributed by atoms with Crippen LogP contribution in [0.1, 0.15) is 33.1 Å². The maximum Gasteiger partial charge on any atom is 0.190 e. The molecular formula is C16H32O5Si. The number of aliphatic hydroxyl groups excluding tert-OH is 1. The van der Waals surface area contributed by atoms with Crippen molar-refractivity contribution in [2.75, 3.05) is 20.8 Å². The van der Waals surface area contributed by atoms with Crippen molar-refractivity contribution in [2.45, 2.75) is 64.1 Å². The molecule has 22 heavy (non-hydrogen) atoms. The molecule has 0 saturated carbocycles. The third-order valence-electron chi connectivity index (χ3n) is 3.70. The van der Waals surface area contributed by atoms with E-state index in [4.69, 9.17) is 13.9 Å². The molecule has 0 saturated heterocycles. The van der Waals surface area contributed by atoms with Gasteiger partial charge in [0.1, 0.15) is 6.10 Å². The number of carbonyl (C=O) groups excluding carboxylic acids is 1. The second-order valence-electron chi connectivity index (χ2n) is 5.69. The lowest BCUT2D eigenvalue weighted by Crippen LogP contribution is -2.37. The van der Waals surface area contributed by atoms with Gasteiger partial charge in [0.15, 0.2) is 20.4 Å². The van der Waals surface area contributed by atoms with Gasteiger partial charge in [-0.05, 0) is 50.9 Å². The Hall–Kier alpha value is -0.533. The summed E-state index contributed by atoms with van der Waals surface area (Å²) in [6.07, 6.45) is 4.07. The van der Waals surface area contributed by atoms with Crippen LogP contribution in [0.25, 0.3) is 0 Å². The summed E-state index contributed by atoms with van der Waals surface area (Å²) in [4.78, 5) is 11.6. The number of aliphatic hydroxyl groups is 1. The van der Waals surface area contributed by atoms with Crippen molar-refractivity contribution in [3.63, 3.8) is 0 Å². The lowest BCUT2D eigenvalue weighted by atomic mass is 10.2. The number of hydrogen-bond acceptors (Lipinski definition) is 5. The summed E-state index contributed by atoms with van der Waals surface area (Å²) >= 11 is 0. The molecule has 0 aromatic rings. The fourth-order valence-electron chi connectivity index (χ4n) is 2.23. The summed E-state index contributed by atoms with van der Waals surface area (Å²) in [6, 6.07) is 1.63. The summed E-state index contributed by atoms with van der Waals surface area (Å²) in [6.45, 7) is 6.71. The molecule has 130 valence electrons. The van der Waals surface area contributed by atoms with E-state index in [1.165, 1.54) is 6.08 Å². The molecule has 0 amide bonds. The van der Waals surface area contributed by atoms with Crippen molar-refractivity contribution in [3.8, 4) is 0 Å². The lowest BCUT2D eigenvalue weighted by Gasteiger charge is -2.29. The number of ether oxygens (including phenoxy) is 2. The zero-order valence-electron chi connectivity index (χ0n) is 14.6. The molecule has 0 bridgehead atoms. The second kappa shape index (κ2) is 12.0. The van der Waals surface area contributed by atoms with Crippen LogP contribution in [0.2, 0.25) is 18.6 Å². The number of ketones is 1. The molecule has 0 aliphatic carbocycles. The van der Waals surface area contributed by atoms with Crippen molar-refractivity contribution in [2.24, 2.45) is 0 Å². The highest BCUT2D eigenvalue weighted by Crippen LogP contribution is 2.24. The molecule has 0 spiro atoms. The monoisotopic (exact) mass is 332 g/mol. The minimum absolute atomic E-state index is 0.230. The Bertz CT molecular complexity index is 330. The highest BCUT2D eigenvalue weighted by atomic mass is 28.4. The molecular weight excluding hydrogens is 300 g/mol. The van der Waals surface area contributed by atoms with E-state index < -0.39 is 14.4 Å². The van der Waals surface area contributed by atoms with Crippen LogP contribution < -0.4 is 0 Å². The molecule has 0 fully saturated rings. The Morgan fingerprint density at radius 2 is 1.82 bits per heavy atom. The van der Waals surface area contributed by atoms with E-state index in [0.717, 1.165) is 24.9 Å². The van der Waals surface area contributed by atoms with Crippen LogP contribution in [0.15, 0.2) is 12.2 Å². The van der Waals surface area contributed by atoms with E-state index in [9.17, 15) is 9.90 Å². The first-order valence-electron chi connectivity index (χ1n) is 7.96. The van der Waals surface area contributed by atoms with E-state index in [1.807, 2.05) is 0 Å². The minimum Gasteiger partial charge on any atom is -0.417 e. The first-order valence-corrected chi connectivity index (χ1v) is 10.8. The fourth-order valence-corrected chi connectivity index (χ4v) is 5.20. The summed E-state index contributed by atoms with van der Waals surface area (Å²) in [5, 5.41) is 9.92. The fraction of sp³-hybridized carbons (Fsp3) is 0.812. The van der Waals surface area contributed by atoms with Crippen molar-refractivity contribution in [1.82, 2.24) is 0 Å². The van der Waals surface area contributed by atoms with Gasteiger partial charge in [0, 0.05) is 20.8 Å². The van der Waals surface area contributed by atoms with E-state index in [-0.39, 0.29) is 12.1 Å². The lowest BCUT2D eigenvalue weighted by molar-refractivity contribution is -0.122. The highest BCUT2D eigenvalue weighted by Gasteiger charge is 2.31. The largest absolute Gasteiger partial charge is 0.417 e. The van der Waals surface area contributed by atoms with Crippen LogP contribution in [0.3, 0.4) is 0 Å². The summed E-state index contributed by atoms with van der Waals surface area (Å²) in [5.41, 5.74) is 0. The zero-order chi connectivity index (χ0) is 17.0. The molecule has 2 unspecified atom stereocenters. The molecule has 2 atom stereocenters. The number of rotatable bonds is 13. The van der Waals surface area contributed by atoms with E-state index in [2.05, 4.69) is 13.5 Å². The Morgan fingerprint density at radius 1 is 1.23 bits per heavy atom. The van der Waals surface area contributed by atoms with Gasteiger partial charge in [-0.3, -0.25) is 4.79 Å². The molecule has 0 rings (SSSR count). The minimum atomic E-state index is -1.99. The SMILES string of the molecule is CC=CC(=O)C(O)CC[Si](C)(CCC(OC)OC)OCCC. The van der Waals surface area contributed by atoms with Crippen molar-refractivity contribution in [1.29, 1.82) is 0 Å². The Morgan fingerprint density at radius 3 is 2.32 bits per heavy atom. The molecule has 0 aliphatic rings. The van der Waals surface area contributed by atoms with Gasteiger partial charge in [0.2, 0.25) is 0 Å². The van der Waals surface area contributed by atoms with E-state index in [0.29, 0.717) is 13.0 Å². The molecule has 0 aliphatic heterocycles. The van der Waals surface area contributed by atoms with Gasteiger partial charge in [-0.2, -0.15) is 0 Å². The first-order chi connectivity index (χ1) is 10.4. The molecule has 6 heteroatoms. The third-order valence-corrected chi connectivity index (χ3v) is 7.29.